The quantitative estimate of drug-likeness (QED) is 0.789. The van der Waals surface area contributed by atoms with Gasteiger partial charge in [0, 0.05) is 47.6 Å². The molecular formula is C24H29FN4O2. The number of rotatable bonds is 3. The van der Waals surface area contributed by atoms with Crippen molar-refractivity contribution in [3.8, 4) is 0 Å². The lowest BCUT2D eigenvalue weighted by atomic mass is 9.58. The van der Waals surface area contributed by atoms with Gasteiger partial charge in [-0.2, -0.15) is 10.2 Å². The monoisotopic (exact) mass is 424 g/mol. The zero-order chi connectivity index (χ0) is 21.8. The Balaban J connectivity index is 1.72. The summed E-state index contributed by atoms with van der Waals surface area (Å²) in [5.41, 5.74) is 2.94. The summed E-state index contributed by atoms with van der Waals surface area (Å²) in [5.74, 6) is -0.209. The lowest BCUT2D eigenvalue weighted by Crippen LogP contribution is -2.51. The van der Waals surface area contributed by atoms with Gasteiger partial charge in [0.2, 0.25) is 0 Å². The molecule has 1 aromatic rings. The number of Topliss-reactive ketones (excluding diaryl/α,β-unsaturated/α-hetero) is 1. The number of benzene rings is 1. The number of azo groups is 1. The van der Waals surface area contributed by atoms with E-state index in [4.69, 9.17) is 4.74 Å². The number of allylic oxidation sites excluding steroid dienone is 2. The fourth-order valence-corrected chi connectivity index (χ4v) is 5.71. The Morgan fingerprint density at radius 3 is 2.77 bits per heavy atom. The molecule has 31 heavy (non-hydrogen) atoms. The van der Waals surface area contributed by atoms with E-state index in [0.717, 1.165) is 36.5 Å². The Hall–Kier alpha value is -2.54. The largest absolute Gasteiger partial charge is 0.378 e. The molecule has 1 aliphatic carbocycles. The predicted molar refractivity (Wildman–Crippen MR) is 116 cm³/mol. The number of ether oxygens (including phenoxy) is 1. The van der Waals surface area contributed by atoms with Crippen LogP contribution in [-0.4, -0.2) is 38.3 Å². The average molecular weight is 425 g/mol. The molecule has 0 spiro atoms. The van der Waals surface area contributed by atoms with Crippen molar-refractivity contribution in [2.45, 2.75) is 51.6 Å². The molecule has 0 radical (unpaired) electrons. The number of carbonyl (C=O) groups is 1. The molecule has 0 amide bonds. The normalized spacial score (nSPS) is 29.4. The minimum atomic E-state index is -0.866. The Kier molecular flexibility index (Phi) is 4.77. The van der Waals surface area contributed by atoms with Crippen LogP contribution in [0.2, 0.25) is 0 Å². The second-order valence-electron chi connectivity index (χ2n) is 9.68. The van der Waals surface area contributed by atoms with Crippen molar-refractivity contribution >= 4 is 11.5 Å². The van der Waals surface area contributed by atoms with Crippen LogP contribution in [0.4, 0.5) is 10.1 Å². The van der Waals surface area contributed by atoms with Crippen molar-refractivity contribution in [1.29, 1.82) is 0 Å². The number of carbonyl (C=O) groups excluding carboxylic acids is 1. The highest BCUT2D eigenvalue weighted by molar-refractivity contribution is 6.01. The van der Waals surface area contributed by atoms with Gasteiger partial charge >= 0.3 is 0 Å². The van der Waals surface area contributed by atoms with Crippen molar-refractivity contribution in [1.82, 2.24) is 5.32 Å². The third-order valence-corrected chi connectivity index (χ3v) is 7.10. The van der Waals surface area contributed by atoms with Crippen molar-refractivity contribution in [3.63, 3.8) is 0 Å². The number of hydrogen-bond donors (Lipinski definition) is 1. The first-order chi connectivity index (χ1) is 14.9. The second-order valence-corrected chi connectivity index (χ2v) is 9.68. The molecule has 1 saturated heterocycles. The van der Waals surface area contributed by atoms with E-state index < -0.39 is 5.41 Å². The highest BCUT2D eigenvalue weighted by Crippen LogP contribution is 2.54. The van der Waals surface area contributed by atoms with Crippen LogP contribution in [0.15, 0.2) is 51.5 Å². The SMILES string of the molecule is CCC1(c2cc(N3CCOCC3)ccc2F)C2=CN=NC2NC2=C1C(=O)CC(C)(C)C2. The maximum atomic E-state index is 15.6. The van der Waals surface area contributed by atoms with Gasteiger partial charge in [0.05, 0.1) is 24.8 Å². The standard InChI is InChI=1S/C24H29FN4O2/c1-4-24(16-11-15(5-6-18(16)25)29-7-9-31-10-8-29)17-14-26-28-22(17)27-19-12-23(2,3)13-20(30)21(19)24/h5-6,11,14,22,27H,4,7-10,12-13H2,1-3H3. The van der Waals surface area contributed by atoms with E-state index in [1.54, 1.807) is 6.20 Å². The van der Waals surface area contributed by atoms with Gasteiger partial charge in [-0.1, -0.05) is 20.8 Å². The summed E-state index contributed by atoms with van der Waals surface area (Å²) in [4.78, 5) is 15.8. The van der Waals surface area contributed by atoms with Gasteiger partial charge in [-0.3, -0.25) is 4.79 Å². The fraction of sp³-hybridized carbons (Fsp3) is 0.542. The molecule has 3 heterocycles. The van der Waals surface area contributed by atoms with Gasteiger partial charge in [-0.05, 0) is 36.5 Å². The number of hydrogen-bond acceptors (Lipinski definition) is 6. The molecule has 2 unspecified atom stereocenters. The highest BCUT2D eigenvalue weighted by Gasteiger charge is 2.54. The molecule has 164 valence electrons. The molecule has 7 heteroatoms. The third kappa shape index (κ3) is 3.13. The van der Waals surface area contributed by atoms with Crippen molar-refractivity contribution in [2.24, 2.45) is 15.6 Å². The summed E-state index contributed by atoms with van der Waals surface area (Å²) in [6, 6.07) is 5.30. The molecule has 0 saturated carbocycles. The molecule has 1 N–H and O–H groups in total. The number of nitrogens with zero attached hydrogens (tertiary/aromatic N) is 3. The summed E-state index contributed by atoms with van der Waals surface area (Å²) in [5, 5.41) is 12.0. The van der Waals surface area contributed by atoms with Crippen LogP contribution in [0, 0.1) is 11.2 Å². The van der Waals surface area contributed by atoms with Crippen molar-refractivity contribution in [2.75, 3.05) is 31.2 Å². The third-order valence-electron chi connectivity index (χ3n) is 7.10. The molecule has 4 aliphatic rings. The molecule has 3 aliphatic heterocycles. The van der Waals surface area contributed by atoms with Gasteiger partial charge in [-0.15, -0.1) is 0 Å². The van der Waals surface area contributed by atoms with Gasteiger partial charge in [0.25, 0.3) is 0 Å². The van der Waals surface area contributed by atoms with E-state index in [2.05, 4.69) is 34.3 Å². The average Bonchev–Trinajstić information content (AvgIpc) is 3.21. The van der Waals surface area contributed by atoms with E-state index >= 15 is 4.39 Å². The molecule has 5 rings (SSSR count). The van der Waals surface area contributed by atoms with Crippen LogP contribution in [-0.2, 0) is 14.9 Å². The number of morpholine rings is 1. The Morgan fingerprint density at radius 1 is 1.26 bits per heavy atom. The first-order valence-electron chi connectivity index (χ1n) is 11.1. The molecule has 6 nitrogen and oxygen atoms in total. The number of halogens is 1. The fourth-order valence-electron chi connectivity index (χ4n) is 5.71. The molecule has 2 atom stereocenters. The molecule has 0 aromatic heterocycles. The number of anilines is 1. The van der Waals surface area contributed by atoms with Crippen LogP contribution in [0.1, 0.15) is 45.6 Å². The molecule has 1 fully saturated rings. The van der Waals surface area contributed by atoms with Crippen LogP contribution in [0.3, 0.4) is 0 Å². The van der Waals surface area contributed by atoms with E-state index in [1.807, 2.05) is 19.1 Å². The van der Waals surface area contributed by atoms with Crippen molar-refractivity contribution in [3.05, 3.63) is 52.6 Å². The maximum Gasteiger partial charge on any atom is 0.164 e. The van der Waals surface area contributed by atoms with E-state index in [-0.39, 0.29) is 23.2 Å². The molecule has 1 aromatic carbocycles. The summed E-state index contributed by atoms with van der Waals surface area (Å²) >= 11 is 0. The van der Waals surface area contributed by atoms with Gasteiger partial charge < -0.3 is 15.0 Å². The zero-order valence-electron chi connectivity index (χ0n) is 18.4. The Labute approximate surface area is 182 Å². The maximum absolute atomic E-state index is 15.6. The topological polar surface area (TPSA) is 66.3 Å². The smallest absolute Gasteiger partial charge is 0.164 e. The zero-order valence-corrected chi connectivity index (χ0v) is 18.4. The van der Waals surface area contributed by atoms with E-state index in [0.29, 0.717) is 37.2 Å². The first-order valence-corrected chi connectivity index (χ1v) is 11.1. The number of ketones is 1. The lowest BCUT2D eigenvalue weighted by molar-refractivity contribution is -0.119. The van der Waals surface area contributed by atoms with Crippen LogP contribution in [0.5, 0.6) is 0 Å². The predicted octanol–water partition coefficient (Wildman–Crippen LogP) is 4.23. The summed E-state index contributed by atoms with van der Waals surface area (Å²) < 4.78 is 21.0. The van der Waals surface area contributed by atoms with Crippen LogP contribution >= 0.6 is 0 Å². The van der Waals surface area contributed by atoms with Crippen LogP contribution < -0.4 is 10.2 Å². The highest BCUT2D eigenvalue weighted by atomic mass is 19.1. The van der Waals surface area contributed by atoms with E-state index in [9.17, 15) is 4.79 Å². The van der Waals surface area contributed by atoms with Crippen LogP contribution in [0.25, 0.3) is 0 Å². The Morgan fingerprint density at radius 2 is 2.03 bits per heavy atom. The second kappa shape index (κ2) is 7.26. The molecular weight excluding hydrogens is 395 g/mol. The summed E-state index contributed by atoms with van der Waals surface area (Å²) in [6.45, 7) is 9.08. The Bertz CT molecular complexity index is 1020. The van der Waals surface area contributed by atoms with Gasteiger partial charge in [0.15, 0.2) is 11.9 Å². The first kappa shape index (κ1) is 20.4. The van der Waals surface area contributed by atoms with Gasteiger partial charge in [0.1, 0.15) is 5.82 Å². The van der Waals surface area contributed by atoms with Gasteiger partial charge in [-0.25, -0.2) is 4.39 Å². The summed E-state index contributed by atoms with van der Waals surface area (Å²) in [6.07, 6.45) is 3.12. The minimum absolute atomic E-state index is 0.0861. The lowest BCUT2D eigenvalue weighted by Gasteiger charge is -2.48. The minimum Gasteiger partial charge on any atom is -0.378 e. The molecule has 0 bridgehead atoms. The van der Waals surface area contributed by atoms with Crippen molar-refractivity contribution < 1.29 is 13.9 Å². The number of fused-ring (bicyclic) bond motifs is 1. The van der Waals surface area contributed by atoms with E-state index in [1.165, 1.54) is 6.07 Å². The number of nitrogens with one attached hydrogen (secondary N) is 1. The summed E-state index contributed by atoms with van der Waals surface area (Å²) in [7, 11) is 0.